The molecule has 0 bridgehead atoms. The van der Waals surface area contributed by atoms with E-state index in [2.05, 4.69) is 13.8 Å². The van der Waals surface area contributed by atoms with Crippen LogP contribution in [0, 0.1) is 0 Å². The molecule has 1 nitrogen and oxygen atoms in total. The van der Waals surface area contributed by atoms with Crippen molar-refractivity contribution in [2.24, 2.45) is 0 Å². The van der Waals surface area contributed by atoms with Crippen molar-refractivity contribution in [3.05, 3.63) is 0 Å². The average Bonchev–Trinajstić information content (AvgIpc) is 1.85. The van der Waals surface area contributed by atoms with E-state index in [0.717, 1.165) is 30.8 Å². The summed E-state index contributed by atoms with van der Waals surface area (Å²) >= 11 is 0. The Hall–Kier alpha value is 0.150. The van der Waals surface area contributed by atoms with E-state index in [-0.39, 0.29) is 0 Å². The second-order valence-electron chi connectivity index (χ2n) is 2.20. The monoisotopic (exact) mass is 148 g/mol. The summed E-state index contributed by atoms with van der Waals surface area (Å²) in [6, 6.07) is 0. The summed E-state index contributed by atoms with van der Waals surface area (Å²) in [6.07, 6.45) is 3.33. The minimum atomic E-state index is -0.520. The average molecular weight is 148 g/mol. The van der Waals surface area contributed by atoms with Crippen LogP contribution in [0.5, 0.6) is 0 Å². The molecule has 0 radical (unpaired) electrons. The largest absolute Gasteiger partial charge is 0.260 e. The van der Waals surface area contributed by atoms with Gasteiger partial charge in [0.05, 0.1) is 0 Å². The van der Waals surface area contributed by atoms with Crippen molar-refractivity contribution in [2.75, 3.05) is 11.5 Å². The molecule has 0 amide bonds. The van der Waals surface area contributed by atoms with Crippen LogP contribution in [0.3, 0.4) is 0 Å². The molecular weight excluding hydrogens is 132 g/mol. The molecule has 1 unspecified atom stereocenters. The van der Waals surface area contributed by atoms with Crippen molar-refractivity contribution < 1.29 is 4.21 Å². The molecule has 0 aromatic heterocycles. The summed E-state index contributed by atoms with van der Waals surface area (Å²) < 4.78 is 10.9. The van der Waals surface area contributed by atoms with Crippen LogP contribution in [0.2, 0.25) is 0 Å². The summed E-state index contributed by atoms with van der Waals surface area (Å²) in [7, 11) is -0.520. The molecule has 56 valence electrons. The maximum atomic E-state index is 10.9. The lowest BCUT2D eigenvalue weighted by atomic mass is 10.4. The molecule has 0 saturated carbocycles. The maximum Gasteiger partial charge on any atom is 0.0234 e. The van der Waals surface area contributed by atoms with Gasteiger partial charge in [0.25, 0.3) is 0 Å². The molecule has 0 aromatic rings. The van der Waals surface area contributed by atoms with E-state index in [1.165, 1.54) is 0 Å². The van der Waals surface area contributed by atoms with Crippen LogP contribution < -0.4 is 0 Å². The predicted molar refractivity (Wildman–Crippen MR) is 43.1 cm³/mol. The van der Waals surface area contributed by atoms with Gasteiger partial charge in [0.1, 0.15) is 0 Å². The van der Waals surface area contributed by atoms with Crippen LogP contribution >= 0.6 is 0 Å². The third kappa shape index (κ3) is 6.03. The fourth-order valence-corrected chi connectivity index (χ4v) is 1.91. The summed E-state index contributed by atoms with van der Waals surface area (Å²) in [6.45, 7) is 4.20. The van der Waals surface area contributed by atoms with E-state index in [1.807, 2.05) is 0 Å². The molecule has 0 aromatic carbocycles. The molecule has 0 spiro atoms. The Morgan fingerprint density at radius 2 is 1.78 bits per heavy atom. The molecule has 0 fully saturated rings. The first-order valence-corrected chi connectivity index (χ1v) is 5.15. The van der Waals surface area contributed by atoms with Gasteiger partial charge in [-0.1, -0.05) is 20.3 Å². The van der Waals surface area contributed by atoms with Gasteiger partial charge in [-0.15, -0.1) is 0 Å². The normalized spacial score (nSPS) is 13.6. The lowest BCUT2D eigenvalue weighted by molar-refractivity contribution is 0.678. The first kappa shape index (κ1) is 9.15. The first-order chi connectivity index (χ1) is 4.31. The predicted octanol–water partition coefficient (Wildman–Crippen LogP) is 1.95. The van der Waals surface area contributed by atoms with Crippen molar-refractivity contribution >= 4 is 10.8 Å². The molecule has 9 heavy (non-hydrogen) atoms. The number of hydrogen-bond donors (Lipinski definition) is 0. The van der Waals surface area contributed by atoms with Crippen molar-refractivity contribution in [3.8, 4) is 0 Å². The van der Waals surface area contributed by atoms with E-state index in [9.17, 15) is 4.21 Å². The minimum Gasteiger partial charge on any atom is -0.260 e. The Morgan fingerprint density at radius 3 is 2.22 bits per heavy atom. The fraction of sp³-hybridized carbons (Fsp3) is 1.00. The maximum absolute atomic E-state index is 10.9. The van der Waals surface area contributed by atoms with Crippen molar-refractivity contribution in [1.29, 1.82) is 0 Å². The lowest BCUT2D eigenvalue weighted by Crippen LogP contribution is -2.00. The molecular formula is C7H16OS. The molecule has 0 aliphatic carbocycles. The highest BCUT2D eigenvalue weighted by Crippen LogP contribution is 1.93. The standard InChI is InChI=1S/C7H16OS/c1-3-5-7-9(8)6-4-2/h3-7H2,1-2H3. The zero-order chi connectivity index (χ0) is 7.11. The van der Waals surface area contributed by atoms with Gasteiger partial charge >= 0.3 is 0 Å². The Morgan fingerprint density at radius 1 is 1.11 bits per heavy atom. The van der Waals surface area contributed by atoms with Crippen LogP contribution in [0.4, 0.5) is 0 Å². The summed E-state index contributed by atoms with van der Waals surface area (Å²) in [5.41, 5.74) is 0. The Labute approximate surface area is 60.3 Å². The molecule has 0 heterocycles. The fourth-order valence-electron chi connectivity index (χ4n) is 0.635. The van der Waals surface area contributed by atoms with Gasteiger partial charge in [-0.2, -0.15) is 0 Å². The quantitative estimate of drug-likeness (QED) is 0.582. The van der Waals surface area contributed by atoms with E-state index >= 15 is 0 Å². The topological polar surface area (TPSA) is 17.1 Å². The van der Waals surface area contributed by atoms with Gasteiger partial charge in [-0.25, -0.2) is 0 Å². The summed E-state index contributed by atoms with van der Waals surface area (Å²) in [4.78, 5) is 0. The first-order valence-electron chi connectivity index (χ1n) is 3.66. The van der Waals surface area contributed by atoms with Gasteiger partial charge in [0.2, 0.25) is 0 Å². The second-order valence-corrected chi connectivity index (χ2v) is 3.90. The molecule has 0 rings (SSSR count). The lowest BCUT2D eigenvalue weighted by Gasteiger charge is -1.95. The zero-order valence-corrected chi connectivity index (χ0v) is 7.17. The van der Waals surface area contributed by atoms with Crippen molar-refractivity contribution in [2.45, 2.75) is 33.1 Å². The Bertz CT molecular complexity index is 81.0. The third-order valence-corrected chi connectivity index (χ3v) is 2.76. The van der Waals surface area contributed by atoms with Crippen LogP contribution in [0.1, 0.15) is 33.1 Å². The van der Waals surface area contributed by atoms with E-state index in [1.54, 1.807) is 0 Å². The molecule has 2 heteroatoms. The van der Waals surface area contributed by atoms with Gasteiger partial charge in [0.15, 0.2) is 0 Å². The van der Waals surface area contributed by atoms with Crippen LogP contribution in [0.15, 0.2) is 0 Å². The Kier molecular flexibility index (Phi) is 6.38. The molecule has 0 aliphatic rings. The van der Waals surface area contributed by atoms with Crippen LogP contribution in [-0.4, -0.2) is 15.7 Å². The van der Waals surface area contributed by atoms with E-state index < -0.39 is 10.8 Å². The number of unbranched alkanes of at least 4 members (excludes halogenated alkanes) is 1. The SMILES string of the molecule is CCCCS(=O)CCC. The van der Waals surface area contributed by atoms with Crippen LogP contribution in [0.25, 0.3) is 0 Å². The van der Waals surface area contributed by atoms with Gasteiger partial charge in [-0.05, 0) is 12.8 Å². The minimum absolute atomic E-state index is 0.520. The molecule has 0 saturated heterocycles. The van der Waals surface area contributed by atoms with E-state index in [0.29, 0.717) is 0 Å². The van der Waals surface area contributed by atoms with Crippen LogP contribution in [-0.2, 0) is 10.8 Å². The van der Waals surface area contributed by atoms with Crippen molar-refractivity contribution in [3.63, 3.8) is 0 Å². The number of hydrogen-bond acceptors (Lipinski definition) is 1. The molecule has 1 atom stereocenters. The highest BCUT2D eigenvalue weighted by molar-refractivity contribution is 7.84. The third-order valence-electron chi connectivity index (χ3n) is 1.16. The summed E-state index contributed by atoms with van der Waals surface area (Å²) in [5.74, 6) is 1.80. The highest BCUT2D eigenvalue weighted by Gasteiger charge is 1.94. The van der Waals surface area contributed by atoms with E-state index in [4.69, 9.17) is 0 Å². The zero-order valence-electron chi connectivity index (χ0n) is 6.35. The second kappa shape index (κ2) is 6.27. The van der Waals surface area contributed by atoms with Crippen molar-refractivity contribution in [1.82, 2.24) is 0 Å². The highest BCUT2D eigenvalue weighted by atomic mass is 32.2. The van der Waals surface area contributed by atoms with Gasteiger partial charge in [-0.3, -0.25) is 4.21 Å². The smallest absolute Gasteiger partial charge is 0.0234 e. The Balaban J connectivity index is 3.06. The van der Waals surface area contributed by atoms with Gasteiger partial charge < -0.3 is 0 Å². The molecule has 0 aliphatic heterocycles. The summed E-state index contributed by atoms with van der Waals surface area (Å²) in [5, 5.41) is 0. The molecule has 0 N–H and O–H groups in total. The number of rotatable bonds is 5. The van der Waals surface area contributed by atoms with Gasteiger partial charge in [0, 0.05) is 22.3 Å².